The monoisotopic (exact) mass is 234 g/mol. The Morgan fingerprint density at radius 3 is 2.41 bits per heavy atom. The molecule has 1 unspecified atom stereocenters. The summed E-state index contributed by atoms with van der Waals surface area (Å²) in [4.78, 5) is 0. The second-order valence-corrected chi connectivity index (χ2v) is 4.87. The van der Waals surface area contributed by atoms with Crippen molar-refractivity contribution >= 4 is 0 Å². The van der Waals surface area contributed by atoms with Gasteiger partial charge in [0, 0.05) is 0 Å². The minimum atomic E-state index is -0.348. The van der Waals surface area contributed by atoms with Gasteiger partial charge in [-0.1, -0.05) is 25.5 Å². The lowest BCUT2D eigenvalue weighted by molar-refractivity contribution is 0.154. The Kier molecular flexibility index (Phi) is 4.43. The van der Waals surface area contributed by atoms with Gasteiger partial charge in [-0.25, -0.2) is 0 Å². The molecule has 0 heterocycles. The van der Waals surface area contributed by atoms with Gasteiger partial charge < -0.3 is 9.84 Å². The molecule has 0 radical (unpaired) electrons. The van der Waals surface area contributed by atoms with Crippen LogP contribution in [-0.4, -0.2) is 11.2 Å². The first-order valence-electron chi connectivity index (χ1n) is 6.74. The number of aliphatic hydroxyl groups is 1. The SMILES string of the molecule is CCC(O)c1ccc(OC2CCCCC2)cc1. The molecule has 1 aliphatic carbocycles. The summed E-state index contributed by atoms with van der Waals surface area (Å²) in [5.74, 6) is 0.934. The van der Waals surface area contributed by atoms with E-state index in [2.05, 4.69) is 0 Å². The Morgan fingerprint density at radius 1 is 1.18 bits per heavy atom. The Labute approximate surface area is 104 Å². The van der Waals surface area contributed by atoms with Crippen molar-refractivity contribution < 1.29 is 9.84 Å². The zero-order valence-corrected chi connectivity index (χ0v) is 10.6. The van der Waals surface area contributed by atoms with Crippen LogP contribution in [0.5, 0.6) is 5.75 Å². The number of aliphatic hydroxyl groups excluding tert-OH is 1. The largest absolute Gasteiger partial charge is 0.490 e. The van der Waals surface area contributed by atoms with E-state index in [1.54, 1.807) is 0 Å². The molecule has 0 saturated heterocycles. The molecule has 0 aliphatic heterocycles. The normalized spacial score (nSPS) is 18.9. The predicted octanol–water partition coefficient (Wildman–Crippen LogP) is 3.84. The van der Waals surface area contributed by atoms with Gasteiger partial charge >= 0.3 is 0 Å². The van der Waals surface area contributed by atoms with Crippen LogP contribution < -0.4 is 4.74 Å². The van der Waals surface area contributed by atoms with Crippen molar-refractivity contribution in [2.24, 2.45) is 0 Å². The fraction of sp³-hybridized carbons (Fsp3) is 0.600. The molecule has 0 aromatic heterocycles. The van der Waals surface area contributed by atoms with E-state index in [0.29, 0.717) is 6.10 Å². The molecule has 1 aromatic carbocycles. The van der Waals surface area contributed by atoms with Gasteiger partial charge in [-0.15, -0.1) is 0 Å². The van der Waals surface area contributed by atoms with Gasteiger partial charge in [0.1, 0.15) is 5.75 Å². The van der Waals surface area contributed by atoms with Crippen molar-refractivity contribution in [1.82, 2.24) is 0 Å². The summed E-state index contributed by atoms with van der Waals surface area (Å²) in [6, 6.07) is 7.88. The molecular formula is C15H22O2. The van der Waals surface area contributed by atoms with Crippen LogP contribution >= 0.6 is 0 Å². The number of benzene rings is 1. The van der Waals surface area contributed by atoms with Crippen LogP contribution in [-0.2, 0) is 0 Å². The van der Waals surface area contributed by atoms with Crippen molar-refractivity contribution in [3.63, 3.8) is 0 Å². The fourth-order valence-corrected chi connectivity index (χ4v) is 2.38. The molecule has 1 saturated carbocycles. The van der Waals surface area contributed by atoms with Gasteiger partial charge in [-0.3, -0.25) is 0 Å². The summed E-state index contributed by atoms with van der Waals surface area (Å²) in [5, 5.41) is 9.70. The van der Waals surface area contributed by atoms with Gasteiger partial charge in [0.05, 0.1) is 12.2 Å². The van der Waals surface area contributed by atoms with Gasteiger partial charge in [-0.05, 0) is 49.8 Å². The lowest BCUT2D eigenvalue weighted by atomic mass is 9.98. The van der Waals surface area contributed by atoms with E-state index in [0.717, 1.165) is 17.7 Å². The molecule has 1 fully saturated rings. The van der Waals surface area contributed by atoms with Crippen LogP contribution in [0.3, 0.4) is 0 Å². The van der Waals surface area contributed by atoms with Crippen molar-refractivity contribution in [2.45, 2.75) is 57.7 Å². The average molecular weight is 234 g/mol. The fourth-order valence-electron chi connectivity index (χ4n) is 2.38. The van der Waals surface area contributed by atoms with Crippen LogP contribution in [0.2, 0.25) is 0 Å². The summed E-state index contributed by atoms with van der Waals surface area (Å²) in [5.41, 5.74) is 0.975. The number of hydrogen-bond acceptors (Lipinski definition) is 2. The highest BCUT2D eigenvalue weighted by Crippen LogP contribution is 2.25. The molecule has 0 spiro atoms. The summed E-state index contributed by atoms with van der Waals surface area (Å²) in [6.45, 7) is 1.98. The molecule has 0 amide bonds. The molecule has 2 heteroatoms. The van der Waals surface area contributed by atoms with Crippen LogP contribution in [0.4, 0.5) is 0 Å². The third-order valence-corrected chi connectivity index (χ3v) is 3.51. The van der Waals surface area contributed by atoms with E-state index < -0.39 is 0 Å². The minimum absolute atomic E-state index is 0.348. The Morgan fingerprint density at radius 2 is 1.82 bits per heavy atom. The van der Waals surface area contributed by atoms with Gasteiger partial charge in [-0.2, -0.15) is 0 Å². The van der Waals surface area contributed by atoms with Crippen molar-refractivity contribution in [2.75, 3.05) is 0 Å². The topological polar surface area (TPSA) is 29.5 Å². The number of hydrogen-bond donors (Lipinski definition) is 1. The molecule has 2 rings (SSSR count). The Bertz CT molecular complexity index is 325. The van der Waals surface area contributed by atoms with Crippen LogP contribution in [0.15, 0.2) is 24.3 Å². The second kappa shape index (κ2) is 6.06. The lowest BCUT2D eigenvalue weighted by Crippen LogP contribution is -2.19. The van der Waals surface area contributed by atoms with E-state index in [1.165, 1.54) is 32.1 Å². The molecule has 1 aromatic rings. The highest BCUT2D eigenvalue weighted by molar-refractivity contribution is 5.28. The molecule has 1 aliphatic rings. The first kappa shape index (κ1) is 12.4. The maximum Gasteiger partial charge on any atom is 0.119 e. The number of rotatable bonds is 4. The molecular weight excluding hydrogens is 212 g/mol. The van der Waals surface area contributed by atoms with E-state index in [1.807, 2.05) is 31.2 Å². The van der Waals surface area contributed by atoms with Gasteiger partial charge in [0.15, 0.2) is 0 Å². The number of ether oxygens (including phenoxy) is 1. The molecule has 2 nitrogen and oxygen atoms in total. The average Bonchev–Trinajstić information content (AvgIpc) is 2.40. The van der Waals surface area contributed by atoms with Crippen LogP contribution in [0.1, 0.15) is 57.1 Å². The molecule has 1 atom stereocenters. The first-order valence-corrected chi connectivity index (χ1v) is 6.74. The molecule has 1 N–H and O–H groups in total. The maximum atomic E-state index is 9.70. The predicted molar refractivity (Wildman–Crippen MR) is 69.2 cm³/mol. The standard InChI is InChI=1S/C15H22O2/c1-2-15(16)12-8-10-14(11-9-12)17-13-6-4-3-5-7-13/h8-11,13,15-16H,2-7H2,1H3. The van der Waals surface area contributed by atoms with E-state index in [9.17, 15) is 5.11 Å². The van der Waals surface area contributed by atoms with E-state index in [4.69, 9.17) is 4.74 Å². The smallest absolute Gasteiger partial charge is 0.119 e. The summed E-state index contributed by atoms with van der Waals surface area (Å²) in [6.07, 6.45) is 7.09. The van der Waals surface area contributed by atoms with Crippen LogP contribution in [0.25, 0.3) is 0 Å². The third-order valence-electron chi connectivity index (χ3n) is 3.51. The minimum Gasteiger partial charge on any atom is -0.490 e. The van der Waals surface area contributed by atoms with Gasteiger partial charge in [0.25, 0.3) is 0 Å². The quantitative estimate of drug-likeness (QED) is 0.857. The third kappa shape index (κ3) is 3.47. The second-order valence-electron chi connectivity index (χ2n) is 4.87. The Hall–Kier alpha value is -1.02. The van der Waals surface area contributed by atoms with Crippen molar-refractivity contribution in [3.05, 3.63) is 29.8 Å². The lowest BCUT2D eigenvalue weighted by Gasteiger charge is -2.23. The van der Waals surface area contributed by atoms with Gasteiger partial charge in [0.2, 0.25) is 0 Å². The van der Waals surface area contributed by atoms with E-state index >= 15 is 0 Å². The summed E-state index contributed by atoms with van der Waals surface area (Å²) in [7, 11) is 0. The van der Waals surface area contributed by atoms with E-state index in [-0.39, 0.29) is 6.10 Å². The molecule has 94 valence electrons. The van der Waals surface area contributed by atoms with Crippen molar-refractivity contribution in [3.8, 4) is 5.75 Å². The summed E-state index contributed by atoms with van der Waals surface area (Å²) >= 11 is 0. The highest BCUT2D eigenvalue weighted by Gasteiger charge is 2.14. The maximum absolute atomic E-state index is 9.70. The zero-order chi connectivity index (χ0) is 12.1. The highest BCUT2D eigenvalue weighted by atomic mass is 16.5. The molecule has 0 bridgehead atoms. The van der Waals surface area contributed by atoms with Crippen LogP contribution in [0, 0.1) is 0 Å². The summed E-state index contributed by atoms with van der Waals surface area (Å²) < 4.78 is 5.94. The Balaban J connectivity index is 1.93. The molecule has 17 heavy (non-hydrogen) atoms. The zero-order valence-electron chi connectivity index (χ0n) is 10.6. The first-order chi connectivity index (χ1) is 8.29. The van der Waals surface area contributed by atoms with Crippen molar-refractivity contribution in [1.29, 1.82) is 0 Å².